The Morgan fingerprint density at radius 3 is 2.53 bits per heavy atom. The fraction of sp³-hybridized carbons (Fsp3) is 0.276. The number of imidazole rings is 1. The number of nitrogens with two attached hydrogens (primary N) is 1. The minimum atomic E-state index is 0.407. The molecule has 1 aliphatic heterocycles. The van der Waals surface area contributed by atoms with Gasteiger partial charge >= 0.3 is 0 Å². The molecule has 3 aromatic heterocycles. The number of hydrogen-bond donors (Lipinski definition) is 1. The molecule has 36 heavy (non-hydrogen) atoms. The lowest BCUT2D eigenvalue weighted by Gasteiger charge is -2.43. The molecule has 2 N–H and O–H groups in total. The predicted molar refractivity (Wildman–Crippen MR) is 142 cm³/mol. The quantitative estimate of drug-likeness (QED) is 0.402. The van der Waals surface area contributed by atoms with Crippen LogP contribution in [0.5, 0.6) is 0 Å². The number of rotatable bonds is 4. The third-order valence-corrected chi connectivity index (χ3v) is 7.69. The second kappa shape index (κ2) is 8.69. The van der Waals surface area contributed by atoms with Gasteiger partial charge in [-0.15, -0.1) is 0 Å². The molecule has 2 aromatic carbocycles. The van der Waals surface area contributed by atoms with Crippen LogP contribution in [0.1, 0.15) is 24.6 Å². The molecule has 0 atom stereocenters. The molecule has 2 fully saturated rings. The standard InChI is InChI=1S/C29H28N6O/c30-28-27-26(21-7-6-20-8-9-24(32-25(20)18-21)19-4-2-1-3-5-19)33-29(35(27)11-10-31-28)22-16-23(17-22)34-12-14-36-15-13-34/h1-11,18,22-23H,12-17H2,(H2,30,31)/t22-,23+. The summed E-state index contributed by atoms with van der Waals surface area (Å²) in [4.78, 5) is 17.1. The lowest BCUT2D eigenvalue weighted by atomic mass is 9.78. The largest absolute Gasteiger partial charge is 0.382 e. The van der Waals surface area contributed by atoms with Crippen LogP contribution in [0.3, 0.4) is 0 Å². The average molecular weight is 477 g/mol. The first kappa shape index (κ1) is 21.5. The molecule has 1 saturated carbocycles. The average Bonchev–Trinajstić information content (AvgIpc) is 3.29. The molecule has 180 valence electrons. The number of nitrogens with zero attached hydrogens (tertiary/aromatic N) is 5. The number of hydrogen-bond acceptors (Lipinski definition) is 6. The second-order valence-electron chi connectivity index (χ2n) is 9.79. The Hall–Kier alpha value is -3.81. The van der Waals surface area contributed by atoms with Crippen molar-refractivity contribution in [3.8, 4) is 22.5 Å². The Morgan fingerprint density at radius 2 is 1.69 bits per heavy atom. The fourth-order valence-electron chi connectivity index (χ4n) is 5.65. The van der Waals surface area contributed by atoms with Crippen LogP contribution >= 0.6 is 0 Å². The molecule has 7 nitrogen and oxygen atoms in total. The van der Waals surface area contributed by atoms with E-state index >= 15 is 0 Å². The van der Waals surface area contributed by atoms with E-state index in [-0.39, 0.29) is 0 Å². The van der Waals surface area contributed by atoms with Gasteiger partial charge in [0.25, 0.3) is 0 Å². The molecule has 2 aliphatic rings. The Bertz CT molecular complexity index is 1550. The Labute approximate surface area is 209 Å². The highest BCUT2D eigenvalue weighted by atomic mass is 16.5. The minimum absolute atomic E-state index is 0.407. The van der Waals surface area contributed by atoms with Crippen molar-refractivity contribution in [3.63, 3.8) is 0 Å². The van der Waals surface area contributed by atoms with Gasteiger partial charge in [-0.2, -0.15) is 0 Å². The van der Waals surface area contributed by atoms with E-state index in [9.17, 15) is 0 Å². The minimum Gasteiger partial charge on any atom is -0.382 e. The molecular formula is C29H28N6O. The predicted octanol–water partition coefficient (Wildman–Crippen LogP) is 4.77. The van der Waals surface area contributed by atoms with Gasteiger partial charge in [0.15, 0.2) is 0 Å². The zero-order valence-corrected chi connectivity index (χ0v) is 20.0. The SMILES string of the molecule is Nc1nccn2c1c(-c1ccc3ccc(-c4ccccc4)nc3c1)nc2[C@H]1C[C@@H](N2CCOCC2)C1. The summed E-state index contributed by atoms with van der Waals surface area (Å²) < 4.78 is 7.68. The first-order valence-corrected chi connectivity index (χ1v) is 12.7. The van der Waals surface area contributed by atoms with Crippen LogP contribution < -0.4 is 5.73 Å². The van der Waals surface area contributed by atoms with Crippen molar-refractivity contribution in [2.75, 3.05) is 32.0 Å². The lowest BCUT2D eigenvalue weighted by molar-refractivity contribution is -0.00778. The fourth-order valence-corrected chi connectivity index (χ4v) is 5.65. The van der Waals surface area contributed by atoms with Gasteiger partial charge in [-0.05, 0) is 25.0 Å². The monoisotopic (exact) mass is 476 g/mol. The van der Waals surface area contributed by atoms with E-state index in [1.807, 2.05) is 24.4 Å². The summed E-state index contributed by atoms with van der Waals surface area (Å²) >= 11 is 0. The smallest absolute Gasteiger partial charge is 0.150 e. The van der Waals surface area contributed by atoms with Crippen molar-refractivity contribution in [3.05, 3.63) is 78.9 Å². The van der Waals surface area contributed by atoms with Crippen molar-refractivity contribution >= 4 is 22.2 Å². The van der Waals surface area contributed by atoms with Gasteiger partial charge in [0.05, 0.1) is 24.4 Å². The Balaban J connectivity index is 1.27. The molecule has 4 heterocycles. The van der Waals surface area contributed by atoms with Gasteiger partial charge in [0.2, 0.25) is 0 Å². The van der Waals surface area contributed by atoms with Crippen molar-refractivity contribution in [2.24, 2.45) is 0 Å². The third-order valence-electron chi connectivity index (χ3n) is 7.69. The first-order valence-electron chi connectivity index (χ1n) is 12.7. The van der Waals surface area contributed by atoms with Gasteiger partial charge < -0.3 is 10.5 Å². The van der Waals surface area contributed by atoms with Gasteiger partial charge in [0, 0.05) is 54.0 Å². The summed E-state index contributed by atoms with van der Waals surface area (Å²) in [6.07, 6.45) is 5.98. The zero-order chi connectivity index (χ0) is 24.1. The summed E-state index contributed by atoms with van der Waals surface area (Å²) in [7, 11) is 0. The molecule has 0 amide bonds. The van der Waals surface area contributed by atoms with Gasteiger partial charge in [-0.1, -0.05) is 48.5 Å². The molecule has 0 unspecified atom stereocenters. The first-order chi connectivity index (χ1) is 17.7. The van der Waals surface area contributed by atoms with Crippen molar-refractivity contribution in [2.45, 2.75) is 24.8 Å². The molecule has 1 saturated heterocycles. The van der Waals surface area contributed by atoms with Crippen LogP contribution in [0.4, 0.5) is 5.82 Å². The van der Waals surface area contributed by atoms with Crippen molar-refractivity contribution in [1.29, 1.82) is 0 Å². The highest BCUT2D eigenvalue weighted by Crippen LogP contribution is 2.42. The van der Waals surface area contributed by atoms with Gasteiger partial charge in [-0.3, -0.25) is 9.30 Å². The summed E-state index contributed by atoms with van der Waals surface area (Å²) in [5.74, 6) is 1.98. The summed E-state index contributed by atoms with van der Waals surface area (Å²) in [5.41, 5.74) is 12.2. The number of aromatic nitrogens is 4. The van der Waals surface area contributed by atoms with E-state index in [2.05, 4.69) is 56.7 Å². The zero-order valence-electron chi connectivity index (χ0n) is 20.0. The second-order valence-corrected chi connectivity index (χ2v) is 9.79. The van der Waals surface area contributed by atoms with E-state index in [1.165, 1.54) is 0 Å². The third kappa shape index (κ3) is 3.63. The molecule has 1 aliphatic carbocycles. The molecule has 0 bridgehead atoms. The highest BCUT2D eigenvalue weighted by Gasteiger charge is 2.38. The maximum Gasteiger partial charge on any atom is 0.150 e. The van der Waals surface area contributed by atoms with Crippen LogP contribution in [0.25, 0.3) is 38.9 Å². The summed E-state index contributed by atoms with van der Waals surface area (Å²) in [6.45, 7) is 3.72. The number of pyridine rings is 1. The summed E-state index contributed by atoms with van der Waals surface area (Å²) in [5, 5.41) is 1.10. The Kier molecular flexibility index (Phi) is 5.18. The lowest BCUT2D eigenvalue weighted by Crippen LogP contribution is -2.49. The van der Waals surface area contributed by atoms with E-state index in [0.717, 1.165) is 83.9 Å². The highest BCUT2D eigenvalue weighted by molar-refractivity contribution is 5.91. The number of anilines is 1. The number of morpholine rings is 1. The number of benzene rings is 2. The Morgan fingerprint density at radius 1 is 0.889 bits per heavy atom. The molecule has 7 rings (SSSR count). The molecule has 0 radical (unpaired) electrons. The molecule has 7 heteroatoms. The van der Waals surface area contributed by atoms with E-state index < -0.39 is 0 Å². The maximum absolute atomic E-state index is 6.41. The molecule has 5 aromatic rings. The van der Waals surface area contributed by atoms with Crippen LogP contribution in [0.2, 0.25) is 0 Å². The van der Waals surface area contributed by atoms with Crippen LogP contribution in [0, 0.1) is 0 Å². The normalized spacial score (nSPS) is 20.6. The number of nitrogen functional groups attached to an aromatic ring is 1. The molecular weight excluding hydrogens is 448 g/mol. The maximum atomic E-state index is 6.41. The van der Waals surface area contributed by atoms with E-state index in [0.29, 0.717) is 17.8 Å². The van der Waals surface area contributed by atoms with Crippen LogP contribution in [0.15, 0.2) is 73.1 Å². The van der Waals surface area contributed by atoms with Crippen LogP contribution in [-0.2, 0) is 4.74 Å². The van der Waals surface area contributed by atoms with Crippen molar-refractivity contribution < 1.29 is 4.74 Å². The summed E-state index contributed by atoms with van der Waals surface area (Å²) in [6, 6.07) is 21.4. The van der Waals surface area contributed by atoms with Gasteiger partial charge in [0.1, 0.15) is 22.9 Å². The van der Waals surface area contributed by atoms with Crippen LogP contribution in [-0.4, -0.2) is 56.6 Å². The number of fused-ring (bicyclic) bond motifs is 2. The van der Waals surface area contributed by atoms with E-state index in [4.69, 9.17) is 20.4 Å². The topological polar surface area (TPSA) is 81.6 Å². The molecule has 0 spiro atoms. The van der Waals surface area contributed by atoms with Gasteiger partial charge in [-0.25, -0.2) is 15.0 Å². The van der Waals surface area contributed by atoms with E-state index in [1.54, 1.807) is 6.20 Å². The number of ether oxygens (including phenoxy) is 1. The van der Waals surface area contributed by atoms with Crippen molar-refractivity contribution in [1.82, 2.24) is 24.3 Å².